The summed E-state index contributed by atoms with van der Waals surface area (Å²) in [7, 11) is 2.20. The predicted octanol–water partition coefficient (Wildman–Crippen LogP) is 2.28. The summed E-state index contributed by atoms with van der Waals surface area (Å²) >= 11 is 1.73. The van der Waals surface area contributed by atoms with Crippen molar-refractivity contribution in [3.05, 3.63) is 17.3 Å². The number of likely N-dealkylation sites (N-methyl/N-ethyl adjacent to an activating group) is 1. The van der Waals surface area contributed by atoms with Gasteiger partial charge in [-0.3, -0.25) is 0 Å². The van der Waals surface area contributed by atoms with Gasteiger partial charge >= 0.3 is 0 Å². The van der Waals surface area contributed by atoms with E-state index in [0.29, 0.717) is 12.6 Å². The number of likely N-dealkylation sites (tertiary alicyclic amines) is 1. The van der Waals surface area contributed by atoms with Crippen LogP contribution in [0.15, 0.2) is 12.4 Å². The lowest BCUT2D eigenvalue weighted by atomic mass is 9.69. The maximum Gasteiger partial charge on any atom is 0.140 e. The van der Waals surface area contributed by atoms with Gasteiger partial charge in [0.15, 0.2) is 0 Å². The molecule has 0 aromatic carbocycles. The maximum absolute atomic E-state index is 10.1. The van der Waals surface area contributed by atoms with Crippen LogP contribution in [0.3, 0.4) is 0 Å². The van der Waals surface area contributed by atoms with Crippen molar-refractivity contribution >= 4 is 27.4 Å². The number of aliphatic hydroxyl groups is 1. The topological polar surface area (TPSA) is 52.5 Å². The van der Waals surface area contributed by atoms with E-state index in [0.717, 1.165) is 43.1 Å². The minimum atomic E-state index is 0.0697. The van der Waals surface area contributed by atoms with Crippen LogP contribution in [0.25, 0.3) is 10.2 Å². The third-order valence-electron chi connectivity index (χ3n) is 5.74. The highest BCUT2D eigenvalue weighted by Gasteiger charge is 2.46. The molecule has 2 atom stereocenters. The van der Waals surface area contributed by atoms with Gasteiger partial charge < -0.3 is 14.9 Å². The smallest absolute Gasteiger partial charge is 0.140 e. The van der Waals surface area contributed by atoms with Crippen molar-refractivity contribution in [3.63, 3.8) is 0 Å². The van der Waals surface area contributed by atoms with Gasteiger partial charge in [-0.15, -0.1) is 11.3 Å². The van der Waals surface area contributed by atoms with E-state index in [4.69, 9.17) is 0 Å². The molecule has 5 nitrogen and oxygen atoms in total. The van der Waals surface area contributed by atoms with E-state index in [-0.39, 0.29) is 5.41 Å². The van der Waals surface area contributed by atoms with Crippen LogP contribution >= 0.6 is 11.3 Å². The van der Waals surface area contributed by atoms with Crippen molar-refractivity contribution in [1.82, 2.24) is 14.9 Å². The molecule has 0 saturated carbocycles. The van der Waals surface area contributed by atoms with E-state index in [2.05, 4.69) is 39.8 Å². The van der Waals surface area contributed by atoms with E-state index in [1.54, 1.807) is 17.7 Å². The lowest BCUT2D eigenvalue weighted by Gasteiger charge is -2.53. The van der Waals surface area contributed by atoms with Crippen molar-refractivity contribution in [2.45, 2.75) is 32.2 Å². The van der Waals surface area contributed by atoms with Gasteiger partial charge in [-0.05, 0) is 45.8 Å². The standard InChI is InChI=1S/C17H24N4OS/c1-12-8-13-15(18-11-19-16(13)23-12)21-7-5-17(10-22)4-3-6-20(2)14(17)9-21/h8,11,14,22H,3-7,9-10H2,1-2H3/t14-,17-/m1/s1. The Hall–Kier alpha value is -1.24. The number of hydrogen-bond acceptors (Lipinski definition) is 6. The first-order valence-electron chi connectivity index (χ1n) is 8.40. The molecule has 4 rings (SSSR count). The van der Waals surface area contributed by atoms with Gasteiger partial charge in [0.25, 0.3) is 0 Å². The van der Waals surface area contributed by atoms with Crippen molar-refractivity contribution in [3.8, 4) is 0 Å². The zero-order valence-electron chi connectivity index (χ0n) is 13.8. The van der Waals surface area contributed by atoms with Crippen LogP contribution in [-0.2, 0) is 0 Å². The molecule has 23 heavy (non-hydrogen) atoms. The Morgan fingerprint density at radius 1 is 1.35 bits per heavy atom. The number of rotatable bonds is 2. The van der Waals surface area contributed by atoms with Gasteiger partial charge in [-0.25, -0.2) is 9.97 Å². The Morgan fingerprint density at radius 2 is 2.22 bits per heavy atom. The van der Waals surface area contributed by atoms with E-state index < -0.39 is 0 Å². The van der Waals surface area contributed by atoms with Crippen LogP contribution in [0.1, 0.15) is 24.1 Å². The Morgan fingerprint density at radius 3 is 3.04 bits per heavy atom. The van der Waals surface area contributed by atoms with Crippen LogP contribution in [0.5, 0.6) is 0 Å². The van der Waals surface area contributed by atoms with Crippen molar-refractivity contribution in [2.24, 2.45) is 5.41 Å². The summed E-state index contributed by atoms with van der Waals surface area (Å²) in [4.78, 5) is 16.2. The maximum atomic E-state index is 10.1. The van der Waals surface area contributed by atoms with Gasteiger partial charge in [-0.2, -0.15) is 0 Å². The van der Waals surface area contributed by atoms with Crippen LogP contribution in [0, 0.1) is 12.3 Å². The summed E-state index contributed by atoms with van der Waals surface area (Å²) in [6.45, 7) is 5.45. The number of anilines is 1. The van der Waals surface area contributed by atoms with Crippen LogP contribution < -0.4 is 4.90 Å². The highest BCUT2D eigenvalue weighted by Crippen LogP contribution is 2.43. The largest absolute Gasteiger partial charge is 0.396 e. The first kappa shape index (κ1) is 15.3. The number of thiophene rings is 1. The Bertz CT molecular complexity index is 718. The SMILES string of the molecule is Cc1cc2c(N3CC[C@@]4(CO)CCCN(C)[C@@H]4C3)ncnc2s1. The Labute approximate surface area is 141 Å². The monoisotopic (exact) mass is 332 g/mol. The van der Waals surface area contributed by atoms with Gasteiger partial charge in [0.1, 0.15) is 17.0 Å². The fraction of sp³-hybridized carbons (Fsp3) is 0.647. The summed E-state index contributed by atoms with van der Waals surface area (Å²) in [6, 6.07) is 2.60. The van der Waals surface area contributed by atoms with Crippen LogP contribution in [0.4, 0.5) is 5.82 Å². The summed E-state index contributed by atoms with van der Waals surface area (Å²) < 4.78 is 0. The summed E-state index contributed by atoms with van der Waals surface area (Å²) in [6.07, 6.45) is 5.05. The highest BCUT2D eigenvalue weighted by atomic mass is 32.1. The number of piperidine rings is 2. The lowest BCUT2D eigenvalue weighted by Crippen LogP contribution is -2.61. The molecule has 2 saturated heterocycles. The van der Waals surface area contributed by atoms with E-state index in [1.165, 1.54) is 16.7 Å². The fourth-order valence-corrected chi connectivity index (χ4v) is 5.27. The molecule has 2 aromatic heterocycles. The molecule has 124 valence electrons. The molecular formula is C17H24N4OS. The molecule has 0 bridgehead atoms. The molecule has 0 unspecified atom stereocenters. The Kier molecular flexibility index (Phi) is 3.78. The Balaban J connectivity index is 1.68. The zero-order valence-corrected chi connectivity index (χ0v) is 14.6. The second-order valence-electron chi connectivity index (χ2n) is 7.09. The quantitative estimate of drug-likeness (QED) is 0.914. The second kappa shape index (κ2) is 5.69. The van der Waals surface area contributed by atoms with Gasteiger partial charge in [-0.1, -0.05) is 0 Å². The average Bonchev–Trinajstić information content (AvgIpc) is 2.95. The van der Waals surface area contributed by atoms with E-state index in [9.17, 15) is 5.11 Å². The van der Waals surface area contributed by atoms with Crippen LogP contribution in [0.2, 0.25) is 0 Å². The first-order chi connectivity index (χ1) is 11.1. The van der Waals surface area contributed by atoms with Crippen molar-refractivity contribution < 1.29 is 5.11 Å². The molecule has 4 heterocycles. The summed E-state index contributed by atoms with van der Waals surface area (Å²) in [5.74, 6) is 1.06. The second-order valence-corrected chi connectivity index (χ2v) is 8.32. The lowest BCUT2D eigenvalue weighted by molar-refractivity contribution is -0.0277. The molecule has 6 heteroatoms. The minimum absolute atomic E-state index is 0.0697. The van der Waals surface area contributed by atoms with Gasteiger partial charge in [0.05, 0.1) is 12.0 Å². The third-order valence-corrected chi connectivity index (χ3v) is 6.70. The number of fused-ring (bicyclic) bond motifs is 2. The fourth-order valence-electron chi connectivity index (χ4n) is 4.42. The normalized spacial score (nSPS) is 29.0. The third kappa shape index (κ3) is 2.44. The zero-order chi connectivity index (χ0) is 16.0. The number of hydrogen-bond donors (Lipinski definition) is 1. The molecule has 2 aliphatic rings. The number of nitrogens with zero attached hydrogens (tertiary/aromatic N) is 4. The minimum Gasteiger partial charge on any atom is -0.396 e. The predicted molar refractivity (Wildman–Crippen MR) is 94.2 cm³/mol. The summed E-state index contributed by atoms with van der Waals surface area (Å²) in [5.41, 5.74) is 0.0697. The highest BCUT2D eigenvalue weighted by molar-refractivity contribution is 7.18. The summed E-state index contributed by atoms with van der Waals surface area (Å²) in [5, 5.41) is 11.2. The van der Waals surface area contributed by atoms with E-state index in [1.807, 2.05) is 0 Å². The molecule has 0 radical (unpaired) electrons. The first-order valence-corrected chi connectivity index (χ1v) is 9.22. The molecule has 1 N–H and O–H groups in total. The van der Waals surface area contributed by atoms with E-state index >= 15 is 0 Å². The molecule has 0 aliphatic carbocycles. The molecule has 2 aromatic rings. The molecule has 0 spiro atoms. The molecular weight excluding hydrogens is 308 g/mol. The molecule has 0 amide bonds. The number of aliphatic hydroxyl groups excluding tert-OH is 1. The molecule has 2 fully saturated rings. The molecule has 2 aliphatic heterocycles. The van der Waals surface area contributed by atoms with Crippen LogP contribution in [-0.4, -0.2) is 59.3 Å². The van der Waals surface area contributed by atoms with Crippen molar-refractivity contribution in [1.29, 1.82) is 0 Å². The number of aromatic nitrogens is 2. The van der Waals surface area contributed by atoms with Gasteiger partial charge in [0, 0.05) is 29.4 Å². The van der Waals surface area contributed by atoms with Gasteiger partial charge in [0.2, 0.25) is 0 Å². The van der Waals surface area contributed by atoms with Crippen molar-refractivity contribution in [2.75, 3.05) is 38.2 Å². The number of aryl methyl sites for hydroxylation is 1. The average molecular weight is 332 g/mol.